The molecule has 0 aromatic rings. The molecule has 0 aliphatic carbocycles. The van der Waals surface area contributed by atoms with E-state index in [-0.39, 0.29) is 56.1 Å². The molecule has 0 fully saturated rings. The fourth-order valence-electron chi connectivity index (χ4n) is 0.787. The van der Waals surface area contributed by atoms with E-state index in [0.717, 1.165) is 19.3 Å². The molecule has 0 amide bonds. The van der Waals surface area contributed by atoms with Gasteiger partial charge >= 0.3 is 58.7 Å². The molecule has 0 aliphatic heterocycles. The molecule has 6 heteroatoms. The Kier molecular flexibility index (Phi) is 26.0. The normalized spacial score (nSPS) is 9.00. The molecule has 0 rings (SSSR count). The van der Waals surface area contributed by atoms with Crippen molar-refractivity contribution in [3.63, 3.8) is 0 Å². The first-order valence-corrected chi connectivity index (χ1v) is 5.19. The van der Waals surface area contributed by atoms with E-state index in [1.165, 1.54) is 0 Å². The van der Waals surface area contributed by atoms with Gasteiger partial charge in [0.15, 0.2) is 0 Å². The molecule has 0 aliphatic rings. The number of hydrogen-bond acceptors (Lipinski definition) is 3. The van der Waals surface area contributed by atoms with Crippen molar-refractivity contribution in [1.29, 1.82) is 0 Å². The van der Waals surface area contributed by atoms with Crippen molar-refractivity contribution in [2.24, 2.45) is 0 Å². The minimum absolute atomic E-state index is 0. The minimum Gasteiger partial charge on any atom is -1.00 e. The molecule has 0 aromatic heterocycles. The van der Waals surface area contributed by atoms with Gasteiger partial charge in [0, 0.05) is 19.8 Å². The van der Waals surface area contributed by atoms with Crippen LogP contribution in [0.15, 0.2) is 0 Å². The second-order valence-corrected chi connectivity index (χ2v) is 2.90. The zero-order valence-corrected chi connectivity index (χ0v) is 13.5. The SMILES string of the molecule is CCCOB(OCCC)OCCC.[F-].[K+]. The Hall–Kier alpha value is 1.51. The molecule has 0 spiro atoms. The van der Waals surface area contributed by atoms with Gasteiger partial charge in [-0.1, -0.05) is 20.8 Å². The van der Waals surface area contributed by atoms with E-state index in [1.54, 1.807) is 0 Å². The van der Waals surface area contributed by atoms with Gasteiger partial charge in [-0.15, -0.1) is 0 Å². The molecule has 3 nitrogen and oxygen atoms in total. The van der Waals surface area contributed by atoms with Crippen LogP contribution < -0.4 is 56.1 Å². The van der Waals surface area contributed by atoms with Gasteiger partial charge in [0.25, 0.3) is 0 Å². The van der Waals surface area contributed by atoms with Gasteiger partial charge in [-0.3, -0.25) is 0 Å². The minimum atomic E-state index is -0.458. The molecular formula is C9H21BFKO3. The van der Waals surface area contributed by atoms with Crippen LogP contribution in [0.4, 0.5) is 0 Å². The Morgan fingerprint density at radius 2 is 1.00 bits per heavy atom. The average molecular weight is 246 g/mol. The Morgan fingerprint density at radius 1 is 0.733 bits per heavy atom. The van der Waals surface area contributed by atoms with Crippen LogP contribution in [0, 0.1) is 0 Å². The van der Waals surface area contributed by atoms with Gasteiger partial charge < -0.3 is 18.7 Å². The molecule has 0 saturated carbocycles. The molecule has 0 saturated heterocycles. The molecule has 0 aromatic carbocycles. The number of hydrogen-bond donors (Lipinski definition) is 0. The van der Waals surface area contributed by atoms with Crippen molar-refractivity contribution in [2.75, 3.05) is 19.8 Å². The third kappa shape index (κ3) is 15.5. The zero-order valence-electron chi connectivity index (χ0n) is 10.4. The van der Waals surface area contributed by atoms with Gasteiger partial charge in [0.2, 0.25) is 0 Å². The van der Waals surface area contributed by atoms with Crippen LogP contribution >= 0.6 is 0 Å². The average Bonchev–Trinajstić information content (AvgIpc) is 2.17. The quantitative estimate of drug-likeness (QED) is 0.391. The fraction of sp³-hybridized carbons (Fsp3) is 1.00. The standard InChI is InChI=1S/C9H21BO3.FH.K/c1-4-7-11-10(12-8-5-2)13-9-6-3;;/h4-9H2,1-3H3;1H;/q;;+1/p-1. The predicted molar refractivity (Wildman–Crippen MR) is 54.5 cm³/mol. The summed E-state index contributed by atoms with van der Waals surface area (Å²) in [6.07, 6.45) is 2.96. The van der Waals surface area contributed by atoms with E-state index in [9.17, 15) is 0 Å². The third-order valence-electron chi connectivity index (χ3n) is 1.37. The molecule has 0 N–H and O–H groups in total. The van der Waals surface area contributed by atoms with Crippen molar-refractivity contribution < 1.29 is 70.1 Å². The van der Waals surface area contributed by atoms with Crippen LogP contribution in [-0.2, 0) is 14.0 Å². The van der Waals surface area contributed by atoms with Crippen molar-refractivity contribution in [3.05, 3.63) is 0 Å². The number of rotatable bonds is 9. The smallest absolute Gasteiger partial charge is 1.00 e. The summed E-state index contributed by atoms with van der Waals surface area (Å²) in [6, 6.07) is 0. The Bertz CT molecular complexity index is 92.3. The van der Waals surface area contributed by atoms with Crippen LogP contribution in [0.5, 0.6) is 0 Å². The Morgan fingerprint density at radius 3 is 1.20 bits per heavy atom. The van der Waals surface area contributed by atoms with Crippen molar-refractivity contribution in [2.45, 2.75) is 40.0 Å². The molecule has 86 valence electrons. The van der Waals surface area contributed by atoms with Gasteiger partial charge in [0.1, 0.15) is 0 Å². The topological polar surface area (TPSA) is 27.7 Å². The molecule has 0 heterocycles. The van der Waals surface area contributed by atoms with Crippen molar-refractivity contribution in [1.82, 2.24) is 0 Å². The molecule has 0 atom stereocenters. The van der Waals surface area contributed by atoms with Crippen LogP contribution in [0.1, 0.15) is 40.0 Å². The van der Waals surface area contributed by atoms with Crippen LogP contribution in [0.3, 0.4) is 0 Å². The Balaban J connectivity index is -0.000000720. The maximum Gasteiger partial charge on any atom is 1.00 e. The van der Waals surface area contributed by atoms with E-state index in [2.05, 4.69) is 20.8 Å². The molecule has 0 radical (unpaired) electrons. The summed E-state index contributed by atoms with van der Waals surface area (Å²) in [5.41, 5.74) is 0. The summed E-state index contributed by atoms with van der Waals surface area (Å²) in [5.74, 6) is 0. The predicted octanol–water partition coefficient (Wildman–Crippen LogP) is -3.74. The first kappa shape index (κ1) is 21.8. The van der Waals surface area contributed by atoms with Crippen LogP contribution in [0.25, 0.3) is 0 Å². The van der Waals surface area contributed by atoms with Gasteiger partial charge in [-0.2, -0.15) is 0 Å². The maximum absolute atomic E-state index is 5.35. The summed E-state index contributed by atoms with van der Waals surface area (Å²) in [5, 5.41) is 0. The largest absolute Gasteiger partial charge is 1.00 e. The summed E-state index contributed by atoms with van der Waals surface area (Å²) in [4.78, 5) is 0. The first-order chi connectivity index (χ1) is 6.35. The van der Waals surface area contributed by atoms with Crippen molar-refractivity contribution in [3.8, 4) is 0 Å². The summed E-state index contributed by atoms with van der Waals surface area (Å²) >= 11 is 0. The number of halogens is 1. The molecule has 0 bridgehead atoms. The van der Waals surface area contributed by atoms with E-state index < -0.39 is 7.32 Å². The Labute approximate surface area is 136 Å². The van der Waals surface area contributed by atoms with Gasteiger partial charge in [-0.05, 0) is 19.3 Å². The van der Waals surface area contributed by atoms with E-state index in [1.807, 2.05) is 0 Å². The molecular weight excluding hydrogens is 225 g/mol. The fourth-order valence-corrected chi connectivity index (χ4v) is 0.787. The first-order valence-electron chi connectivity index (χ1n) is 5.19. The van der Waals surface area contributed by atoms with Crippen LogP contribution in [-0.4, -0.2) is 27.1 Å². The van der Waals surface area contributed by atoms with Gasteiger partial charge in [0.05, 0.1) is 0 Å². The van der Waals surface area contributed by atoms with E-state index >= 15 is 0 Å². The monoisotopic (exact) mass is 246 g/mol. The second kappa shape index (κ2) is 17.9. The third-order valence-corrected chi connectivity index (χ3v) is 1.37. The zero-order chi connectivity index (χ0) is 9.94. The maximum atomic E-state index is 5.35. The second-order valence-electron chi connectivity index (χ2n) is 2.90. The summed E-state index contributed by atoms with van der Waals surface area (Å²) in [7, 11) is -0.458. The molecule has 0 unspecified atom stereocenters. The van der Waals surface area contributed by atoms with E-state index in [4.69, 9.17) is 14.0 Å². The summed E-state index contributed by atoms with van der Waals surface area (Å²) < 4.78 is 16.1. The van der Waals surface area contributed by atoms with Crippen LogP contribution in [0.2, 0.25) is 0 Å². The molecule has 15 heavy (non-hydrogen) atoms. The van der Waals surface area contributed by atoms with Gasteiger partial charge in [-0.25, -0.2) is 0 Å². The van der Waals surface area contributed by atoms with E-state index in [0.29, 0.717) is 19.8 Å². The summed E-state index contributed by atoms with van der Waals surface area (Å²) in [6.45, 7) is 8.28. The van der Waals surface area contributed by atoms with Crippen molar-refractivity contribution >= 4 is 7.32 Å².